The molecule has 1 aromatic carbocycles. The Morgan fingerprint density at radius 3 is 2.50 bits per heavy atom. The van der Waals surface area contributed by atoms with E-state index in [0.717, 1.165) is 6.07 Å². The Kier molecular flexibility index (Phi) is 4.51. The zero-order chi connectivity index (χ0) is 16.5. The second kappa shape index (κ2) is 6.04. The van der Waals surface area contributed by atoms with Crippen molar-refractivity contribution < 1.29 is 23.4 Å². The van der Waals surface area contributed by atoms with E-state index in [9.17, 15) is 18.7 Å². The molecule has 0 spiro atoms. The number of carboxylic acid groups (broad SMARTS) is 1. The first-order chi connectivity index (χ1) is 10.2. The fourth-order valence-corrected chi connectivity index (χ4v) is 3.01. The number of rotatable bonds is 4. The first kappa shape index (κ1) is 16.4. The van der Waals surface area contributed by atoms with Gasteiger partial charge in [-0.25, -0.2) is 13.6 Å². The molecule has 1 aliphatic rings. The summed E-state index contributed by atoms with van der Waals surface area (Å²) in [5.74, 6) is -1.37. The van der Waals surface area contributed by atoms with E-state index in [1.165, 1.54) is 17.0 Å². The third kappa shape index (κ3) is 3.27. The maximum atomic E-state index is 13.3. The minimum atomic E-state index is -1.13. The Morgan fingerprint density at radius 2 is 2.00 bits per heavy atom. The van der Waals surface area contributed by atoms with Crippen LogP contribution in [0.1, 0.15) is 25.8 Å². The van der Waals surface area contributed by atoms with Crippen LogP contribution in [0.5, 0.6) is 0 Å². The van der Waals surface area contributed by atoms with E-state index in [2.05, 4.69) is 6.58 Å². The minimum absolute atomic E-state index is 0.170. The summed E-state index contributed by atoms with van der Waals surface area (Å²) in [5, 5.41) is 9.46. The van der Waals surface area contributed by atoms with Crippen molar-refractivity contribution in [3.8, 4) is 0 Å². The zero-order valence-electron chi connectivity index (χ0n) is 12.6. The number of nitrogens with zero attached hydrogens (tertiary/aromatic N) is 1. The predicted molar refractivity (Wildman–Crippen MR) is 77.5 cm³/mol. The summed E-state index contributed by atoms with van der Waals surface area (Å²) < 4.78 is 32.5. The fourth-order valence-electron chi connectivity index (χ4n) is 3.01. The third-order valence-electron chi connectivity index (χ3n) is 3.75. The molecule has 2 atom stereocenters. The van der Waals surface area contributed by atoms with Crippen molar-refractivity contribution in [2.75, 3.05) is 0 Å². The number of ether oxygens (including phenoxy) is 1. The van der Waals surface area contributed by atoms with Crippen molar-refractivity contribution >= 4 is 6.09 Å². The van der Waals surface area contributed by atoms with E-state index in [0.29, 0.717) is 12.0 Å². The number of carbonyl (C=O) groups is 1. The topological polar surface area (TPSA) is 49.8 Å². The molecular formula is C16H19F2NO3. The summed E-state index contributed by atoms with van der Waals surface area (Å²) >= 11 is 0. The molecule has 0 bridgehead atoms. The summed E-state index contributed by atoms with van der Waals surface area (Å²) in [6.45, 7) is 6.96. The molecule has 0 saturated carbocycles. The number of benzene rings is 1. The molecule has 0 aliphatic carbocycles. The molecule has 1 heterocycles. The Bertz CT molecular complexity index is 569. The van der Waals surface area contributed by atoms with Crippen LogP contribution in [0.2, 0.25) is 0 Å². The second-order valence-corrected chi connectivity index (χ2v) is 5.83. The summed E-state index contributed by atoms with van der Waals surface area (Å²) in [4.78, 5) is 12.8. The Hall–Kier alpha value is -1.95. The molecule has 1 fully saturated rings. The van der Waals surface area contributed by atoms with Crippen LogP contribution < -0.4 is 0 Å². The van der Waals surface area contributed by atoms with Gasteiger partial charge in [0.15, 0.2) is 0 Å². The van der Waals surface area contributed by atoms with Crippen LogP contribution >= 0.6 is 0 Å². The first-order valence-electron chi connectivity index (χ1n) is 7.00. The van der Waals surface area contributed by atoms with Crippen LogP contribution in [0, 0.1) is 11.6 Å². The molecule has 120 valence electrons. The second-order valence-electron chi connectivity index (χ2n) is 5.83. The van der Waals surface area contributed by atoms with Crippen LogP contribution in [0.25, 0.3) is 0 Å². The molecule has 0 radical (unpaired) electrons. The van der Waals surface area contributed by atoms with Crippen LogP contribution in [0.15, 0.2) is 30.9 Å². The van der Waals surface area contributed by atoms with Crippen LogP contribution in [-0.2, 0) is 11.2 Å². The maximum Gasteiger partial charge on any atom is 0.409 e. The van der Waals surface area contributed by atoms with E-state index in [4.69, 9.17) is 4.74 Å². The standard InChI is InChI=1S/C16H19F2NO3/c1-4-5-14-13(19(15(20)21)16(2,3)22-14)8-10-6-11(17)9-12(18)7-10/h4,6-7,9,13-14H,1,5,8H2,2-3H3,(H,20,21)/t13-,14+/m0/s1. The van der Waals surface area contributed by atoms with Crippen molar-refractivity contribution in [2.24, 2.45) is 0 Å². The van der Waals surface area contributed by atoms with Gasteiger partial charge in [0, 0.05) is 6.07 Å². The zero-order valence-corrected chi connectivity index (χ0v) is 12.6. The number of hydrogen-bond acceptors (Lipinski definition) is 2. The lowest BCUT2D eigenvalue weighted by Crippen LogP contribution is -2.48. The molecule has 22 heavy (non-hydrogen) atoms. The van der Waals surface area contributed by atoms with Crippen molar-refractivity contribution in [1.29, 1.82) is 0 Å². The van der Waals surface area contributed by atoms with Gasteiger partial charge in [-0.3, -0.25) is 4.90 Å². The van der Waals surface area contributed by atoms with Gasteiger partial charge in [0.1, 0.15) is 17.4 Å². The lowest BCUT2D eigenvalue weighted by molar-refractivity contribution is -0.0653. The molecular weight excluding hydrogens is 292 g/mol. The van der Waals surface area contributed by atoms with Crippen molar-refractivity contribution in [3.05, 3.63) is 48.1 Å². The third-order valence-corrected chi connectivity index (χ3v) is 3.75. The predicted octanol–water partition coefficient (Wildman–Crippen LogP) is 3.57. The van der Waals surface area contributed by atoms with Crippen molar-refractivity contribution in [1.82, 2.24) is 4.90 Å². The van der Waals surface area contributed by atoms with Gasteiger partial charge in [-0.15, -0.1) is 6.58 Å². The van der Waals surface area contributed by atoms with Gasteiger partial charge in [-0.05, 0) is 44.4 Å². The van der Waals surface area contributed by atoms with E-state index in [-0.39, 0.29) is 6.42 Å². The van der Waals surface area contributed by atoms with Gasteiger partial charge in [0.2, 0.25) is 0 Å². The van der Waals surface area contributed by atoms with E-state index in [1.807, 2.05) is 0 Å². The van der Waals surface area contributed by atoms with Gasteiger partial charge in [-0.1, -0.05) is 6.08 Å². The number of halogens is 2. The molecule has 1 aliphatic heterocycles. The maximum absolute atomic E-state index is 13.3. The highest BCUT2D eigenvalue weighted by atomic mass is 19.1. The molecule has 4 nitrogen and oxygen atoms in total. The average Bonchev–Trinajstić information content (AvgIpc) is 2.59. The van der Waals surface area contributed by atoms with Crippen molar-refractivity contribution in [2.45, 2.75) is 44.6 Å². The quantitative estimate of drug-likeness (QED) is 0.865. The SMILES string of the molecule is C=CC[C@H]1OC(C)(C)N(C(=O)O)[C@H]1Cc1cc(F)cc(F)c1. The highest BCUT2D eigenvalue weighted by Gasteiger charge is 2.49. The monoisotopic (exact) mass is 311 g/mol. The summed E-state index contributed by atoms with van der Waals surface area (Å²) in [6.07, 6.45) is 0.734. The normalized spacial score (nSPS) is 23.5. The molecule has 1 aromatic rings. The van der Waals surface area contributed by atoms with E-state index < -0.39 is 35.6 Å². The Morgan fingerprint density at radius 1 is 1.41 bits per heavy atom. The highest BCUT2D eigenvalue weighted by molar-refractivity contribution is 5.67. The van der Waals surface area contributed by atoms with Gasteiger partial charge >= 0.3 is 6.09 Å². The number of amides is 1. The lowest BCUT2D eigenvalue weighted by atomic mass is 9.98. The van der Waals surface area contributed by atoms with Gasteiger partial charge < -0.3 is 9.84 Å². The van der Waals surface area contributed by atoms with E-state index >= 15 is 0 Å². The van der Waals surface area contributed by atoms with Crippen LogP contribution in [-0.4, -0.2) is 34.0 Å². The summed E-state index contributed by atoms with van der Waals surface area (Å²) in [6, 6.07) is 2.67. The smallest absolute Gasteiger partial charge is 0.409 e. The lowest BCUT2D eigenvalue weighted by Gasteiger charge is -2.31. The fraction of sp³-hybridized carbons (Fsp3) is 0.438. The molecule has 1 N–H and O–H groups in total. The first-order valence-corrected chi connectivity index (χ1v) is 7.00. The molecule has 0 aromatic heterocycles. The minimum Gasteiger partial charge on any atom is -0.465 e. The molecule has 1 amide bonds. The van der Waals surface area contributed by atoms with Crippen molar-refractivity contribution in [3.63, 3.8) is 0 Å². The average molecular weight is 311 g/mol. The van der Waals surface area contributed by atoms with Crippen LogP contribution in [0.3, 0.4) is 0 Å². The molecule has 2 rings (SSSR count). The molecule has 6 heteroatoms. The van der Waals surface area contributed by atoms with Crippen LogP contribution in [0.4, 0.5) is 13.6 Å². The highest BCUT2D eigenvalue weighted by Crippen LogP contribution is 2.35. The largest absolute Gasteiger partial charge is 0.465 e. The Labute approximate surface area is 128 Å². The Balaban J connectivity index is 2.34. The van der Waals surface area contributed by atoms with Gasteiger partial charge in [0.25, 0.3) is 0 Å². The van der Waals surface area contributed by atoms with E-state index in [1.54, 1.807) is 19.9 Å². The molecule has 0 unspecified atom stereocenters. The van der Waals surface area contributed by atoms with Gasteiger partial charge in [-0.2, -0.15) is 0 Å². The molecule has 1 saturated heterocycles. The van der Waals surface area contributed by atoms with Gasteiger partial charge in [0.05, 0.1) is 12.1 Å². The number of hydrogen-bond donors (Lipinski definition) is 1. The summed E-state index contributed by atoms with van der Waals surface area (Å²) in [5.41, 5.74) is -0.611. The summed E-state index contributed by atoms with van der Waals surface area (Å²) in [7, 11) is 0.